The van der Waals surface area contributed by atoms with Gasteiger partial charge in [0.15, 0.2) is 6.39 Å². The number of rotatable bonds is 3. The van der Waals surface area contributed by atoms with E-state index in [1.54, 1.807) is 6.92 Å². The summed E-state index contributed by atoms with van der Waals surface area (Å²) in [5.74, 6) is 0.702. The van der Waals surface area contributed by atoms with E-state index >= 15 is 0 Å². The molecule has 0 saturated heterocycles. The number of aromatic nitrogens is 1. The largest absolute Gasteiger partial charge is 0.448 e. The summed E-state index contributed by atoms with van der Waals surface area (Å²) in [5, 5.41) is 15.2. The lowest BCUT2D eigenvalue weighted by atomic mass is 9.93. The highest BCUT2D eigenvalue weighted by Gasteiger charge is 2.24. The number of urea groups is 1. The van der Waals surface area contributed by atoms with E-state index in [0.717, 1.165) is 25.7 Å². The van der Waals surface area contributed by atoms with Crippen LogP contribution in [0.3, 0.4) is 0 Å². The SMILES string of the molecule is Cc1ocnc1CNC(=O)NC1CCCCC1O. The average Bonchev–Trinajstić information content (AvgIpc) is 2.75. The predicted octanol–water partition coefficient (Wildman–Crippen LogP) is 1.09. The quantitative estimate of drug-likeness (QED) is 0.752. The zero-order chi connectivity index (χ0) is 13.0. The minimum Gasteiger partial charge on any atom is -0.448 e. The Kier molecular flexibility index (Phi) is 4.19. The predicted molar refractivity (Wildman–Crippen MR) is 64.9 cm³/mol. The van der Waals surface area contributed by atoms with Crippen molar-refractivity contribution >= 4 is 6.03 Å². The van der Waals surface area contributed by atoms with E-state index in [1.807, 2.05) is 0 Å². The molecule has 6 nitrogen and oxygen atoms in total. The van der Waals surface area contributed by atoms with Gasteiger partial charge >= 0.3 is 6.03 Å². The van der Waals surface area contributed by atoms with Crippen molar-refractivity contribution in [1.82, 2.24) is 15.6 Å². The fraction of sp³-hybridized carbons (Fsp3) is 0.667. The number of aryl methyl sites for hydroxylation is 1. The summed E-state index contributed by atoms with van der Waals surface area (Å²) in [5.41, 5.74) is 0.717. The Labute approximate surface area is 106 Å². The van der Waals surface area contributed by atoms with Crippen LogP contribution >= 0.6 is 0 Å². The van der Waals surface area contributed by atoms with Crippen LogP contribution in [0.15, 0.2) is 10.8 Å². The molecule has 1 saturated carbocycles. The average molecular weight is 253 g/mol. The number of oxazole rings is 1. The number of carbonyl (C=O) groups is 1. The number of hydrogen-bond donors (Lipinski definition) is 3. The summed E-state index contributed by atoms with van der Waals surface area (Å²) < 4.78 is 5.04. The van der Waals surface area contributed by atoms with E-state index in [0.29, 0.717) is 18.0 Å². The van der Waals surface area contributed by atoms with Gasteiger partial charge in [-0.1, -0.05) is 12.8 Å². The molecule has 1 aliphatic carbocycles. The molecule has 100 valence electrons. The Balaban J connectivity index is 1.76. The van der Waals surface area contributed by atoms with Crippen molar-refractivity contribution < 1.29 is 14.3 Å². The Morgan fingerprint density at radius 1 is 1.56 bits per heavy atom. The lowest BCUT2D eigenvalue weighted by Crippen LogP contribution is -2.48. The Bertz CT molecular complexity index is 405. The van der Waals surface area contributed by atoms with Crippen molar-refractivity contribution in [1.29, 1.82) is 0 Å². The molecule has 2 rings (SSSR count). The molecule has 2 atom stereocenters. The van der Waals surface area contributed by atoms with Crippen molar-refractivity contribution in [2.45, 2.75) is 51.3 Å². The van der Waals surface area contributed by atoms with E-state index in [-0.39, 0.29) is 12.1 Å². The highest BCUT2D eigenvalue weighted by molar-refractivity contribution is 5.74. The van der Waals surface area contributed by atoms with E-state index < -0.39 is 6.10 Å². The molecule has 2 unspecified atom stereocenters. The van der Waals surface area contributed by atoms with Crippen LogP contribution in [0.5, 0.6) is 0 Å². The van der Waals surface area contributed by atoms with E-state index in [1.165, 1.54) is 6.39 Å². The van der Waals surface area contributed by atoms with Crippen LogP contribution in [0.4, 0.5) is 4.79 Å². The van der Waals surface area contributed by atoms with E-state index in [4.69, 9.17) is 4.42 Å². The van der Waals surface area contributed by atoms with Crippen molar-refractivity contribution in [2.75, 3.05) is 0 Å². The molecular weight excluding hydrogens is 234 g/mol. The second kappa shape index (κ2) is 5.86. The van der Waals surface area contributed by atoms with Gasteiger partial charge in [-0.2, -0.15) is 0 Å². The smallest absolute Gasteiger partial charge is 0.315 e. The van der Waals surface area contributed by atoms with Gasteiger partial charge in [-0.15, -0.1) is 0 Å². The number of carbonyl (C=O) groups excluding carboxylic acids is 1. The Hall–Kier alpha value is -1.56. The molecule has 1 fully saturated rings. The first-order valence-electron chi connectivity index (χ1n) is 6.28. The normalized spacial score (nSPS) is 23.7. The Morgan fingerprint density at radius 2 is 2.33 bits per heavy atom. The molecule has 18 heavy (non-hydrogen) atoms. The van der Waals surface area contributed by atoms with Gasteiger partial charge in [0.05, 0.1) is 18.7 Å². The number of aliphatic hydroxyl groups excluding tert-OH is 1. The van der Waals surface area contributed by atoms with Crippen LogP contribution in [0, 0.1) is 6.92 Å². The topological polar surface area (TPSA) is 87.4 Å². The van der Waals surface area contributed by atoms with Crippen molar-refractivity contribution in [2.24, 2.45) is 0 Å². The summed E-state index contributed by atoms with van der Waals surface area (Å²) in [6.07, 6.45) is 4.59. The lowest BCUT2D eigenvalue weighted by molar-refractivity contribution is 0.0943. The number of amides is 2. The van der Waals surface area contributed by atoms with Crippen LogP contribution in [0.2, 0.25) is 0 Å². The Morgan fingerprint density at radius 3 is 3.00 bits per heavy atom. The van der Waals surface area contributed by atoms with Gasteiger partial charge in [-0.05, 0) is 19.8 Å². The summed E-state index contributed by atoms with van der Waals surface area (Å²) in [6, 6.07) is -0.416. The first-order valence-corrected chi connectivity index (χ1v) is 6.28. The molecular formula is C12H19N3O3. The highest BCUT2D eigenvalue weighted by atomic mass is 16.3. The van der Waals surface area contributed by atoms with Gasteiger partial charge < -0.3 is 20.2 Å². The third kappa shape index (κ3) is 3.22. The fourth-order valence-corrected chi connectivity index (χ4v) is 2.16. The first kappa shape index (κ1) is 12.9. The molecule has 1 heterocycles. The van der Waals surface area contributed by atoms with Crippen LogP contribution in [0.1, 0.15) is 37.1 Å². The molecule has 0 aromatic carbocycles. The van der Waals surface area contributed by atoms with Gasteiger partial charge in [0.2, 0.25) is 0 Å². The molecule has 1 aliphatic rings. The molecule has 0 radical (unpaired) electrons. The maximum absolute atomic E-state index is 11.7. The van der Waals surface area contributed by atoms with Crippen molar-refractivity contribution in [3.05, 3.63) is 17.8 Å². The monoisotopic (exact) mass is 253 g/mol. The molecule has 0 aliphatic heterocycles. The number of hydrogen-bond acceptors (Lipinski definition) is 4. The fourth-order valence-electron chi connectivity index (χ4n) is 2.16. The third-order valence-electron chi connectivity index (χ3n) is 3.31. The standard InChI is InChI=1S/C12H19N3O3/c1-8-10(14-7-18-8)6-13-12(17)15-9-4-2-3-5-11(9)16/h7,9,11,16H,2-6H2,1H3,(H2,13,15,17). The molecule has 1 aromatic heterocycles. The first-order chi connectivity index (χ1) is 8.66. The number of nitrogens with one attached hydrogen (secondary N) is 2. The molecule has 6 heteroatoms. The second-order valence-corrected chi connectivity index (χ2v) is 4.64. The zero-order valence-electron chi connectivity index (χ0n) is 10.5. The van der Waals surface area contributed by atoms with Gasteiger partial charge in [-0.3, -0.25) is 0 Å². The van der Waals surface area contributed by atoms with Crippen LogP contribution in [-0.4, -0.2) is 28.3 Å². The minimum absolute atomic E-state index is 0.142. The minimum atomic E-state index is -0.432. The highest BCUT2D eigenvalue weighted by Crippen LogP contribution is 2.18. The van der Waals surface area contributed by atoms with E-state index in [2.05, 4.69) is 15.6 Å². The molecule has 0 spiro atoms. The number of aliphatic hydroxyl groups is 1. The maximum Gasteiger partial charge on any atom is 0.315 e. The molecule has 1 aromatic rings. The molecule has 0 bridgehead atoms. The molecule has 3 N–H and O–H groups in total. The van der Waals surface area contributed by atoms with Crippen LogP contribution in [-0.2, 0) is 6.54 Å². The summed E-state index contributed by atoms with van der Waals surface area (Å²) in [7, 11) is 0. The third-order valence-corrected chi connectivity index (χ3v) is 3.31. The van der Waals surface area contributed by atoms with Gasteiger partial charge in [-0.25, -0.2) is 9.78 Å². The van der Waals surface area contributed by atoms with Gasteiger partial charge in [0.25, 0.3) is 0 Å². The van der Waals surface area contributed by atoms with E-state index in [9.17, 15) is 9.90 Å². The summed E-state index contributed by atoms with van der Waals surface area (Å²) >= 11 is 0. The second-order valence-electron chi connectivity index (χ2n) is 4.64. The van der Waals surface area contributed by atoms with Crippen molar-refractivity contribution in [3.8, 4) is 0 Å². The zero-order valence-corrected chi connectivity index (χ0v) is 10.5. The summed E-state index contributed by atoms with van der Waals surface area (Å²) in [6.45, 7) is 2.13. The van der Waals surface area contributed by atoms with Crippen molar-refractivity contribution in [3.63, 3.8) is 0 Å². The van der Waals surface area contributed by atoms with Crippen LogP contribution < -0.4 is 10.6 Å². The number of nitrogens with zero attached hydrogens (tertiary/aromatic N) is 1. The van der Waals surface area contributed by atoms with Gasteiger partial charge in [0, 0.05) is 0 Å². The maximum atomic E-state index is 11.7. The molecule has 2 amide bonds. The lowest BCUT2D eigenvalue weighted by Gasteiger charge is -2.28. The summed E-state index contributed by atoms with van der Waals surface area (Å²) in [4.78, 5) is 15.7. The van der Waals surface area contributed by atoms with Crippen LogP contribution in [0.25, 0.3) is 0 Å². The van der Waals surface area contributed by atoms with Gasteiger partial charge in [0.1, 0.15) is 11.5 Å².